The van der Waals surface area contributed by atoms with E-state index >= 15 is 0 Å². The molecule has 3 aliphatic rings. The molecule has 0 aromatic heterocycles. The molecule has 1 saturated heterocycles. The molecule has 4 nitrogen and oxygen atoms in total. The Kier molecular flexibility index (Phi) is 5.23. The Hall–Kier alpha value is -4.35. The lowest BCUT2D eigenvalue weighted by Crippen LogP contribution is -2.48. The summed E-state index contributed by atoms with van der Waals surface area (Å²) < 4.78 is 14.1. The first-order valence-corrected chi connectivity index (χ1v) is 13.1. The van der Waals surface area contributed by atoms with E-state index in [0.29, 0.717) is 33.0 Å². The highest BCUT2D eigenvalue weighted by Gasteiger charge is 2.71. The maximum Gasteiger partial charge on any atom is 0.185 e. The fourth-order valence-corrected chi connectivity index (χ4v) is 6.94. The average molecular weight is 534 g/mol. The minimum atomic E-state index is -1.62. The van der Waals surface area contributed by atoms with Crippen molar-refractivity contribution in [2.45, 2.75) is 18.0 Å². The SMILES string of the molecule is O=C(c1ccccc1)[C@H]1[C@H](c2ccc(F)cc2)C2(C(=O)c3ccccc3C2=O)[C@@H]2C=Cc3cc(Cl)ccc3N21. The Labute approximate surface area is 229 Å². The molecule has 0 amide bonds. The summed E-state index contributed by atoms with van der Waals surface area (Å²) in [5, 5.41) is 0.534. The molecule has 0 saturated carbocycles. The van der Waals surface area contributed by atoms with Crippen LogP contribution in [0.15, 0.2) is 103 Å². The number of hydrogen-bond donors (Lipinski definition) is 0. The van der Waals surface area contributed by atoms with Gasteiger partial charge in [0.2, 0.25) is 0 Å². The molecule has 7 rings (SSSR count). The van der Waals surface area contributed by atoms with Gasteiger partial charge in [-0.25, -0.2) is 4.39 Å². The van der Waals surface area contributed by atoms with Gasteiger partial charge >= 0.3 is 0 Å². The van der Waals surface area contributed by atoms with Crippen molar-refractivity contribution in [1.82, 2.24) is 0 Å². The summed E-state index contributed by atoms with van der Waals surface area (Å²) in [6.07, 6.45) is 3.71. The van der Waals surface area contributed by atoms with Gasteiger partial charge < -0.3 is 4.90 Å². The van der Waals surface area contributed by atoms with E-state index in [9.17, 15) is 18.8 Å². The van der Waals surface area contributed by atoms with Crippen LogP contribution in [0.4, 0.5) is 10.1 Å². The van der Waals surface area contributed by atoms with E-state index in [1.165, 1.54) is 12.1 Å². The largest absolute Gasteiger partial charge is 0.352 e. The number of fused-ring (bicyclic) bond motifs is 5. The number of carbonyl (C=O) groups excluding carboxylic acids is 3. The number of ketones is 3. The number of anilines is 1. The lowest BCUT2D eigenvalue weighted by molar-refractivity contribution is 0.0666. The van der Waals surface area contributed by atoms with Crippen LogP contribution in [-0.4, -0.2) is 29.4 Å². The van der Waals surface area contributed by atoms with Crippen LogP contribution in [-0.2, 0) is 0 Å². The monoisotopic (exact) mass is 533 g/mol. The highest BCUT2D eigenvalue weighted by atomic mass is 35.5. The zero-order valence-corrected chi connectivity index (χ0v) is 21.3. The third kappa shape index (κ3) is 3.20. The molecule has 0 N–H and O–H groups in total. The molecule has 1 aliphatic carbocycles. The summed E-state index contributed by atoms with van der Waals surface area (Å²) in [6.45, 7) is 0. The molecule has 6 heteroatoms. The normalized spacial score (nSPS) is 22.1. The predicted octanol–water partition coefficient (Wildman–Crippen LogP) is 6.80. The summed E-state index contributed by atoms with van der Waals surface area (Å²) in [6, 6.07) is 25.2. The zero-order chi connectivity index (χ0) is 26.9. The predicted molar refractivity (Wildman–Crippen MR) is 148 cm³/mol. The number of Topliss-reactive ketones (excluding diaryl/α,β-unsaturated/α-hetero) is 3. The second-order valence-corrected chi connectivity index (χ2v) is 10.6. The lowest BCUT2D eigenvalue weighted by atomic mass is 9.64. The molecular weight excluding hydrogens is 513 g/mol. The van der Waals surface area contributed by atoms with Gasteiger partial charge in [0.15, 0.2) is 17.3 Å². The number of nitrogens with zero attached hydrogens (tertiary/aromatic N) is 1. The lowest BCUT2D eigenvalue weighted by Gasteiger charge is -2.37. The molecule has 3 atom stereocenters. The van der Waals surface area contributed by atoms with Crippen molar-refractivity contribution < 1.29 is 18.8 Å². The van der Waals surface area contributed by atoms with E-state index in [-0.39, 0.29) is 17.3 Å². The van der Waals surface area contributed by atoms with Crippen molar-refractivity contribution in [3.8, 4) is 0 Å². The van der Waals surface area contributed by atoms with Gasteiger partial charge in [0.25, 0.3) is 0 Å². The van der Waals surface area contributed by atoms with Gasteiger partial charge in [0, 0.05) is 33.3 Å². The summed E-state index contributed by atoms with van der Waals surface area (Å²) in [5.74, 6) is -2.19. The fourth-order valence-electron chi connectivity index (χ4n) is 6.76. The Bertz CT molecular complexity index is 1680. The van der Waals surface area contributed by atoms with E-state index in [1.807, 2.05) is 29.2 Å². The second-order valence-electron chi connectivity index (χ2n) is 10.2. The van der Waals surface area contributed by atoms with Crippen molar-refractivity contribution in [1.29, 1.82) is 0 Å². The quantitative estimate of drug-likeness (QED) is 0.215. The molecule has 1 fully saturated rings. The topological polar surface area (TPSA) is 54.5 Å². The van der Waals surface area contributed by atoms with Gasteiger partial charge in [-0.05, 0) is 41.5 Å². The van der Waals surface area contributed by atoms with Gasteiger partial charge in [-0.3, -0.25) is 14.4 Å². The Morgan fingerprint density at radius 3 is 2.13 bits per heavy atom. The maximum atomic E-state index is 14.5. The molecule has 0 unspecified atom stereocenters. The summed E-state index contributed by atoms with van der Waals surface area (Å²) in [4.78, 5) is 45.4. The first-order chi connectivity index (χ1) is 18.9. The van der Waals surface area contributed by atoms with E-state index < -0.39 is 29.2 Å². The van der Waals surface area contributed by atoms with Crippen molar-refractivity contribution in [3.05, 3.63) is 142 Å². The van der Waals surface area contributed by atoms with Crippen LogP contribution in [0, 0.1) is 11.2 Å². The Morgan fingerprint density at radius 2 is 1.46 bits per heavy atom. The van der Waals surface area contributed by atoms with Crippen molar-refractivity contribution in [2.75, 3.05) is 4.90 Å². The van der Waals surface area contributed by atoms with Gasteiger partial charge in [-0.2, -0.15) is 0 Å². The standard InChI is InChI=1S/C33H21ClFNO3/c34-22-13-16-26-21(18-22)12-17-27-33(31(38)24-8-4-5-9-25(24)32(33)39)28(19-10-14-23(35)15-11-19)29(36(26)27)30(37)20-6-2-1-3-7-20/h1-18,27-29H/t27-,28-,29+/m0/s1. The molecule has 2 aliphatic heterocycles. The molecule has 2 heterocycles. The second kappa shape index (κ2) is 8.58. The molecule has 4 aromatic carbocycles. The van der Waals surface area contributed by atoms with E-state index in [1.54, 1.807) is 72.8 Å². The van der Waals surface area contributed by atoms with Gasteiger partial charge in [-0.1, -0.05) is 90.5 Å². The van der Waals surface area contributed by atoms with Crippen LogP contribution in [0.1, 0.15) is 48.1 Å². The van der Waals surface area contributed by atoms with E-state index in [4.69, 9.17) is 11.6 Å². The molecule has 0 radical (unpaired) electrons. The van der Waals surface area contributed by atoms with Gasteiger partial charge in [0.05, 0.1) is 6.04 Å². The number of rotatable bonds is 3. The Morgan fingerprint density at radius 1 is 0.821 bits per heavy atom. The fraction of sp³-hybridized carbons (Fsp3) is 0.121. The molecule has 1 spiro atoms. The summed E-state index contributed by atoms with van der Waals surface area (Å²) >= 11 is 6.32. The van der Waals surface area contributed by atoms with E-state index in [2.05, 4.69) is 0 Å². The third-order valence-corrected chi connectivity index (χ3v) is 8.56. The van der Waals surface area contributed by atoms with Crippen LogP contribution in [0.25, 0.3) is 6.08 Å². The average Bonchev–Trinajstić information content (AvgIpc) is 3.39. The van der Waals surface area contributed by atoms with Crippen LogP contribution in [0.3, 0.4) is 0 Å². The Balaban J connectivity index is 1.55. The minimum Gasteiger partial charge on any atom is -0.352 e. The van der Waals surface area contributed by atoms with Crippen molar-refractivity contribution >= 4 is 40.7 Å². The maximum absolute atomic E-state index is 14.5. The minimum absolute atomic E-state index is 0.223. The smallest absolute Gasteiger partial charge is 0.185 e. The molecule has 190 valence electrons. The van der Waals surface area contributed by atoms with Crippen LogP contribution < -0.4 is 4.90 Å². The molecule has 0 bridgehead atoms. The highest BCUT2D eigenvalue weighted by Crippen LogP contribution is 2.61. The van der Waals surface area contributed by atoms with E-state index in [0.717, 1.165) is 5.56 Å². The molecular formula is C33H21ClFNO3. The number of hydrogen-bond acceptors (Lipinski definition) is 4. The first kappa shape index (κ1) is 23.7. The first-order valence-electron chi connectivity index (χ1n) is 12.7. The number of benzene rings is 4. The zero-order valence-electron chi connectivity index (χ0n) is 20.6. The number of carbonyl (C=O) groups is 3. The summed E-state index contributed by atoms with van der Waals surface area (Å²) in [7, 11) is 0. The van der Waals surface area contributed by atoms with Gasteiger partial charge in [0.1, 0.15) is 17.3 Å². The highest BCUT2D eigenvalue weighted by molar-refractivity contribution is 6.32. The molecule has 4 aromatic rings. The molecule has 39 heavy (non-hydrogen) atoms. The van der Waals surface area contributed by atoms with Gasteiger partial charge in [-0.15, -0.1) is 0 Å². The third-order valence-electron chi connectivity index (χ3n) is 8.32. The van der Waals surface area contributed by atoms with Crippen molar-refractivity contribution in [3.63, 3.8) is 0 Å². The van der Waals surface area contributed by atoms with Crippen LogP contribution in [0.5, 0.6) is 0 Å². The summed E-state index contributed by atoms with van der Waals surface area (Å²) in [5.41, 5.74) is 1.58. The number of halogens is 2. The van der Waals surface area contributed by atoms with Crippen LogP contribution >= 0.6 is 11.6 Å². The van der Waals surface area contributed by atoms with Crippen molar-refractivity contribution in [2.24, 2.45) is 5.41 Å². The van der Waals surface area contributed by atoms with Crippen LogP contribution in [0.2, 0.25) is 5.02 Å².